The van der Waals surface area contributed by atoms with Crippen LogP contribution in [0.1, 0.15) is 90.5 Å². The number of rotatable bonds is 11. The third-order valence-corrected chi connectivity index (χ3v) is 8.98. The molecule has 1 saturated heterocycles. The number of Topliss-reactive ketones (excluding diaryl/α,β-unsaturated/α-hetero) is 1. The lowest BCUT2D eigenvalue weighted by Gasteiger charge is -2.40. The highest BCUT2D eigenvalue weighted by atomic mass is 16.3. The first kappa shape index (κ1) is 31.5. The van der Waals surface area contributed by atoms with Gasteiger partial charge in [0.15, 0.2) is 6.29 Å². The maximum absolute atomic E-state index is 14.0. The zero-order chi connectivity index (χ0) is 30.5. The molecule has 1 aromatic carbocycles. The molecular weight excluding hydrogens is 536 g/mol. The van der Waals surface area contributed by atoms with Crippen molar-refractivity contribution >= 4 is 29.9 Å². The van der Waals surface area contributed by atoms with Crippen LogP contribution in [-0.4, -0.2) is 70.1 Å². The van der Waals surface area contributed by atoms with Crippen LogP contribution in [0.4, 0.5) is 4.79 Å². The van der Waals surface area contributed by atoms with Crippen molar-refractivity contribution in [1.29, 1.82) is 0 Å². The van der Waals surface area contributed by atoms with Crippen LogP contribution in [0.25, 0.3) is 0 Å². The van der Waals surface area contributed by atoms with Gasteiger partial charge in [-0.05, 0) is 61.5 Å². The molecular formula is C32H46N4O6. The number of ketones is 1. The highest BCUT2D eigenvalue weighted by Gasteiger charge is 2.44. The number of para-hydroxylation sites is 1. The molecule has 3 fully saturated rings. The average molecular weight is 583 g/mol. The van der Waals surface area contributed by atoms with E-state index in [0.717, 1.165) is 50.5 Å². The van der Waals surface area contributed by atoms with Gasteiger partial charge in [0, 0.05) is 12.1 Å². The van der Waals surface area contributed by atoms with E-state index in [1.54, 1.807) is 12.1 Å². The van der Waals surface area contributed by atoms with E-state index in [0.29, 0.717) is 38.1 Å². The minimum atomic E-state index is -0.907. The number of aromatic hydroxyl groups is 1. The van der Waals surface area contributed by atoms with Crippen molar-refractivity contribution < 1.29 is 29.1 Å². The number of carbonyl (C=O) groups is 5. The highest BCUT2D eigenvalue weighted by Crippen LogP contribution is 2.35. The molecule has 1 aliphatic heterocycles. The first-order valence-corrected chi connectivity index (χ1v) is 15.4. The fraction of sp³-hybridized carbons (Fsp3) is 0.656. The lowest BCUT2D eigenvalue weighted by Crippen LogP contribution is -2.62. The van der Waals surface area contributed by atoms with E-state index in [1.807, 2.05) is 32.9 Å². The van der Waals surface area contributed by atoms with Crippen LogP contribution in [0, 0.1) is 11.3 Å². The third kappa shape index (κ3) is 7.89. The van der Waals surface area contributed by atoms with Crippen LogP contribution in [0.2, 0.25) is 0 Å². The Labute approximate surface area is 248 Å². The van der Waals surface area contributed by atoms with Gasteiger partial charge in [0.05, 0.1) is 6.04 Å². The summed E-state index contributed by atoms with van der Waals surface area (Å²) in [6.07, 6.45) is 8.68. The SMILES string of the molecule is CC(C)(C)C(NC(=O)NC1(Cc2ccccc2O)CCCCC1)C(=O)N1CCCC1C(=O)NC(CC1CC1)C(=O)C=O. The van der Waals surface area contributed by atoms with Gasteiger partial charge >= 0.3 is 6.03 Å². The minimum Gasteiger partial charge on any atom is -0.508 e. The van der Waals surface area contributed by atoms with Gasteiger partial charge in [-0.2, -0.15) is 0 Å². The molecule has 10 nitrogen and oxygen atoms in total. The zero-order valence-corrected chi connectivity index (χ0v) is 25.1. The molecule has 2 aliphatic carbocycles. The standard InChI is InChI=1S/C32H46N4O6/c1-31(2,3)27(34-30(42)35-32(15-7-4-8-16-32)19-22-10-5-6-12-25(22)38)29(41)36-17-9-11-24(36)28(40)33-23(26(39)20-37)18-21-13-14-21/h5-6,10,12,20-21,23-24,27,38H,4,7-9,11,13-19H2,1-3H3,(H,33,40)(H2,34,35,42). The number of amides is 4. The van der Waals surface area contributed by atoms with Crippen molar-refractivity contribution in [2.24, 2.45) is 11.3 Å². The maximum atomic E-state index is 14.0. The molecule has 4 amide bonds. The summed E-state index contributed by atoms with van der Waals surface area (Å²) in [7, 11) is 0. The number of nitrogens with zero attached hydrogens (tertiary/aromatic N) is 1. The second-order valence-electron chi connectivity index (χ2n) is 13.5. The van der Waals surface area contributed by atoms with Gasteiger partial charge in [0.2, 0.25) is 17.6 Å². The average Bonchev–Trinajstić information content (AvgIpc) is 3.62. The Hall–Kier alpha value is -3.43. The quantitative estimate of drug-likeness (QED) is 0.233. The monoisotopic (exact) mass is 582 g/mol. The van der Waals surface area contributed by atoms with Crippen LogP contribution < -0.4 is 16.0 Å². The second kappa shape index (κ2) is 13.3. The number of carbonyl (C=O) groups excluding carboxylic acids is 5. The van der Waals surface area contributed by atoms with E-state index < -0.39 is 46.8 Å². The van der Waals surface area contributed by atoms with Gasteiger partial charge in [0.25, 0.3) is 0 Å². The van der Waals surface area contributed by atoms with Crippen LogP contribution in [0.5, 0.6) is 5.75 Å². The van der Waals surface area contributed by atoms with E-state index in [4.69, 9.17) is 0 Å². The molecule has 4 N–H and O–H groups in total. The van der Waals surface area contributed by atoms with E-state index in [-0.39, 0.29) is 17.9 Å². The number of phenolic OH excluding ortho intramolecular Hbond substituents is 1. The molecule has 2 saturated carbocycles. The normalized spacial score (nSPS) is 21.6. The van der Waals surface area contributed by atoms with E-state index >= 15 is 0 Å². The molecule has 42 heavy (non-hydrogen) atoms. The van der Waals surface area contributed by atoms with Crippen LogP contribution >= 0.6 is 0 Å². The fourth-order valence-electron chi connectivity index (χ4n) is 6.41. The van der Waals surface area contributed by atoms with E-state index in [2.05, 4.69) is 16.0 Å². The Bertz CT molecular complexity index is 1170. The number of aldehydes is 1. The summed E-state index contributed by atoms with van der Waals surface area (Å²) >= 11 is 0. The van der Waals surface area contributed by atoms with Gasteiger partial charge in [-0.1, -0.05) is 71.1 Å². The predicted molar refractivity (Wildman–Crippen MR) is 158 cm³/mol. The number of hydrogen-bond donors (Lipinski definition) is 4. The Balaban J connectivity index is 1.46. The number of nitrogens with one attached hydrogen (secondary N) is 3. The number of benzene rings is 1. The van der Waals surface area contributed by atoms with Crippen LogP contribution in [-0.2, 0) is 25.6 Å². The summed E-state index contributed by atoms with van der Waals surface area (Å²) in [6.45, 7) is 5.97. The Morgan fingerprint density at radius 3 is 2.33 bits per heavy atom. The van der Waals surface area contributed by atoms with Crippen molar-refractivity contribution in [3.8, 4) is 5.75 Å². The summed E-state index contributed by atoms with van der Waals surface area (Å²) < 4.78 is 0. The number of phenols is 1. The van der Waals surface area contributed by atoms with Crippen molar-refractivity contribution in [1.82, 2.24) is 20.9 Å². The largest absolute Gasteiger partial charge is 0.508 e. The molecule has 0 bridgehead atoms. The van der Waals surface area contributed by atoms with Crippen molar-refractivity contribution in [2.75, 3.05) is 6.54 Å². The molecule has 0 aromatic heterocycles. The van der Waals surface area contributed by atoms with E-state index in [1.165, 1.54) is 4.90 Å². The molecule has 0 radical (unpaired) electrons. The second-order valence-corrected chi connectivity index (χ2v) is 13.5. The number of hydrogen-bond acceptors (Lipinski definition) is 6. The summed E-state index contributed by atoms with van der Waals surface area (Å²) in [5, 5.41) is 19.3. The Morgan fingerprint density at radius 1 is 1.02 bits per heavy atom. The topological polar surface area (TPSA) is 145 Å². The van der Waals surface area contributed by atoms with Crippen molar-refractivity contribution in [3.63, 3.8) is 0 Å². The third-order valence-electron chi connectivity index (χ3n) is 8.98. The molecule has 0 spiro atoms. The lowest BCUT2D eigenvalue weighted by atomic mass is 9.77. The Morgan fingerprint density at radius 2 is 1.71 bits per heavy atom. The summed E-state index contributed by atoms with van der Waals surface area (Å²) in [4.78, 5) is 65.7. The molecule has 3 unspecified atom stereocenters. The minimum absolute atomic E-state index is 0.194. The van der Waals surface area contributed by atoms with Gasteiger partial charge in [-0.3, -0.25) is 19.2 Å². The molecule has 230 valence electrons. The van der Waals surface area contributed by atoms with Gasteiger partial charge in [0.1, 0.15) is 17.8 Å². The number of likely N-dealkylation sites (tertiary alicyclic amines) is 1. The van der Waals surface area contributed by atoms with Crippen molar-refractivity contribution in [3.05, 3.63) is 29.8 Å². The van der Waals surface area contributed by atoms with Crippen molar-refractivity contribution in [2.45, 2.75) is 115 Å². The summed E-state index contributed by atoms with van der Waals surface area (Å²) in [5.41, 5.74) is -0.441. The smallest absolute Gasteiger partial charge is 0.315 e. The van der Waals surface area contributed by atoms with Crippen LogP contribution in [0.3, 0.4) is 0 Å². The molecule has 3 atom stereocenters. The molecule has 10 heteroatoms. The predicted octanol–water partition coefficient (Wildman–Crippen LogP) is 3.40. The molecule has 1 heterocycles. The number of urea groups is 1. The lowest BCUT2D eigenvalue weighted by molar-refractivity contribution is -0.142. The summed E-state index contributed by atoms with van der Waals surface area (Å²) in [6, 6.07) is 4.13. The fourth-order valence-corrected chi connectivity index (χ4v) is 6.41. The maximum Gasteiger partial charge on any atom is 0.315 e. The molecule has 4 rings (SSSR count). The van der Waals surface area contributed by atoms with Gasteiger partial charge < -0.3 is 26.0 Å². The first-order valence-electron chi connectivity index (χ1n) is 15.4. The molecule has 3 aliphatic rings. The Kier molecular flexibility index (Phi) is 9.94. The van der Waals surface area contributed by atoms with E-state index in [9.17, 15) is 29.1 Å². The zero-order valence-electron chi connectivity index (χ0n) is 25.1. The highest BCUT2D eigenvalue weighted by molar-refractivity contribution is 6.28. The van der Waals surface area contributed by atoms with Crippen LogP contribution in [0.15, 0.2) is 24.3 Å². The first-order chi connectivity index (χ1) is 19.9. The molecule has 1 aromatic rings. The summed E-state index contributed by atoms with van der Waals surface area (Å²) in [5.74, 6) is -0.930. The van der Waals surface area contributed by atoms with Gasteiger partial charge in [-0.25, -0.2) is 4.79 Å². The van der Waals surface area contributed by atoms with Gasteiger partial charge in [-0.15, -0.1) is 0 Å².